The quantitative estimate of drug-likeness (QED) is 0.634. The minimum atomic E-state index is -0.241. The number of carbonyl (C=O) groups excluding carboxylic acids is 1. The number of amides is 1. The van der Waals surface area contributed by atoms with Crippen LogP contribution in [0, 0.1) is 11.8 Å². The van der Waals surface area contributed by atoms with E-state index < -0.39 is 0 Å². The molecule has 1 aromatic carbocycles. The summed E-state index contributed by atoms with van der Waals surface area (Å²) >= 11 is 0. The molecule has 4 aliphatic rings. The largest absolute Gasteiger partial charge is 0.481 e. The van der Waals surface area contributed by atoms with Gasteiger partial charge in [-0.05, 0) is 61.5 Å². The number of pyridine rings is 1. The Morgan fingerprint density at radius 3 is 2.68 bits per heavy atom. The van der Waals surface area contributed by atoms with Crippen molar-refractivity contribution in [2.24, 2.45) is 17.6 Å². The highest BCUT2D eigenvalue weighted by Gasteiger charge is 2.53. The zero-order valence-corrected chi connectivity index (χ0v) is 22.2. The van der Waals surface area contributed by atoms with E-state index >= 15 is 0 Å². The molecule has 6 heteroatoms. The third-order valence-electron chi connectivity index (χ3n) is 10.0. The smallest absolute Gasteiger partial charge is 0.228 e. The number of hydrogen-bond donors (Lipinski definition) is 2. The van der Waals surface area contributed by atoms with Crippen LogP contribution in [-0.2, 0) is 10.2 Å². The third-order valence-corrected chi connectivity index (χ3v) is 10.0. The number of likely N-dealkylation sites (tertiary alicyclic amines) is 1. The average molecular weight is 503 g/mol. The summed E-state index contributed by atoms with van der Waals surface area (Å²) in [6.45, 7) is 2.40. The fourth-order valence-electron chi connectivity index (χ4n) is 8.05. The van der Waals surface area contributed by atoms with E-state index in [0.29, 0.717) is 29.7 Å². The molecule has 0 radical (unpaired) electrons. The van der Waals surface area contributed by atoms with Crippen LogP contribution in [0.25, 0.3) is 0 Å². The normalized spacial score (nSPS) is 32.3. The fourth-order valence-corrected chi connectivity index (χ4v) is 8.05. The Balaban J connectivity index is 1.31. The molecule has 198 valence electrons. The number of nitrogens with two attached hydrogens (primary N) is 1. The molecule has 3 fully saturated rings. The number of hydrogen-bond acceptors (Lipinski definition) is 5. The van der Waals surface area contributed by atoms with Crippen LogP contribution in [0.5, 0.6) is 5.88 Å². The number of benzene rings is 1. The van der Waals surface area contributed by atoms with Crippen LogP contribution < -0.4 is 15.8 Å². The molecule has 3 N–H and O–H groups in total. The van der Waals surface area contributed by atoms with Crippen molar-refractivity contribution >= 4 is 5.91 Å². The van der Waals surface area contributed by atoms with Crippen LogP contribution in [0.1, 0.15) is 86.6 Å². The first-order valence-electron chi connectivity index (χ1n) is 14.5. The van der Waals surface area contributed by atoms with Crippen molar-refractivity contribution in [3.8, 4) is 5.88 Å². The van der Waals surface area contributed by atoms with Crippen molar-refractivity contribution in [3.05, 3.63) is 59.3 Å². The van der Waals surface area contributed by atoms with E-state index in [4.69, 9.17) is 15.5 Å². The van der Waals surface area contributed by atoms with Crippen molar-refractivity contribution in [1.82, 2.24) is 15.2 Å². The van der Waals surface area contributed by atoms with E-state index in [2.05, 4.69) is 46.6 Å². The minimum Gasteiger partial charge on any atom is -0.481 e. The topological polar surface area (TPSA) is 80.5 Å². The van der Waals surface area contributed by atoms with Gasteiger partial charge in [0.1, 0.15) is 0 Å². The van der Waals surface area contributed by atoms with Gasteiger partial charge in [0.2, 0.25) is 11.8 Å². The van der Waals surface area contributed by atoms with E-state index in [9.17, 15) is 4.79 Å². The predicted octanol–water partition coefficient (Wildman–Crippen LogP) is 4.70. The fraction of sp³-hybridized carbons (Fsp3) is 0.613. The van der Waals surface area contributed by atoms with Gasteiger partial charge in [-0.2, -0.15) is 0 Å². The summed E-state index contributed by atoms with van der Waals surface area (Å²) in [5.41, 5.74) is 9.81. The number of methoxy groups -OCH3 is 1. The highest BCUT2D eigenvalue weighted by Crippen LogP contribution is 2.49. The van der Waals surface area contributed by atoms with Crippen molar-refractivity contribution in [2.45, 2.75) is 81.2 Å². The molecule has 2 saturated heterocycles. The molecule has 1 saturated carbocycles. The maximum atomic E-state index is 14.6. The number of ether oxygens (including phenoxy) is 1. The third kappa shape index (κ3) is 4.46. The molecule has 5 atom stereocenters. The molecule has 2 aliphatic heterocycles. The molecular weight excluding hydrogens is 460 g/mol. The molecule has 0 bridgehead atoms. The van der Waals surface area contributed by atoms with Gasteiger partial charge in [-0.15, -0.1) is 0 Å². The zero-order chi connectivity index (χ0) is 25.4. The Morgan fingerprint density at radius 1 is 1.08 bits per heavy atom. The Morgan fingerprint density at radius 2 is 1.89 bits per heavy atom. The number of rotatable bonds is 4. The van der Waals surface area contributed by atoms with Crippen molar-refractivity contribution in [2.75, 3.05) is 26.7 Å². The predicted molar refractivity (Wildman–Crippen MR) is 145 cm³/mol. The van der Waals surface area contributed by atoms with Gasteiger partial charge in [0.05, 0.1) is 18.7 Å². The summed E-state index contributed by atoms with van der Waals surface area (Å²) in [5, 5.41) is 3.62. The number of fused-ring (bicyclic) bond motifs is 2. The maximum absolute atomic E-state index is 14.6. The Labute approximate surface area is 221 Å². The number of nitrogens with zero attached hydrogens (tertiary/aromatic N) is 2. The lowest BCUT2D eigenvalue weighted by atomic mass is 9.64. The summed E-state index contributed by atoms with van der Waals surface area (Å²) in [6, 6.07) is 15.3. The molecule has 3 heterocycles. The van der Waals surface area contributed by atoms with Gasteiger partial charge >= 0.3 is 0 Å². The maximum Gasteiger partial charge on any atom is 0.228 e. The molecule has 1 spiro atoms. The van der Waals surface area contributed by atoms with E-state index in [1.165, 1.54) is 37.7 Å². The summed E-state index contributed by atoms with van der Waals surface area (Å²) in [5.74, 6) is 2.03. The Hall–Kier alpha value is -2.44. The summed E-state index contributed by atoms with van der Waals surface area (Å²) in [7, 11) is 1.65. The van der Waals surface area contributed by atoms with E-state index in [1.807, 2.05) is 6.07 Å². The lowest BCUT2D eigenvalue weighted by Gasteiger charge is -2.48. The molecule has 1 unspecified atom stereocenters. The average Bonchev–Trinajstić information content (AvgIpc) is 3.39. The monoisotopic (exact) mass is 502 g/mol. The van der Waals surface area contributed by atoms with Crippen LogP contribution in [0.15, 0.2) is 42.5 Å². The minimum absolute atomic E-state index is 0.0756. The molecule has 1 amide bonds. The summed E-state index contributed by atoms with van der Waals surface area (Å²) in [6.07, 6.45) is 10.4. The standard InChI is InChI=1S/C31H42N4O2/c1-37-28-13-12-24-29(34-28)26(32)14-16-31(24)20-33-19-25(31)30(36)35-17-15-23(21-8-4-2-5-9-21)18-27(35)22-10-6-3-7-11-22/h2,4-5,8-9,12-13,22-23,25-27,33H,3,6-7,10-11,14-20,32H2,1H3/t23-,25+,26?,27+,31+/m1/s1. The van der Waals surface area contributed by atoms with Crippen molar-refractivity contribution in [1.29, 1.82) is 0 Å². The highest BCUT2D eigenvalue weighted by atomic mass is 16.5. The summed E-state index contributed by atoms with van der Waals surface area (Å²) < 4.78 is 5.42. The second-order valence-corrected chi connectivity index (χ2v) is 11.9. The molecule has 2 aromatic rings. The number of piperidine rings is 1. The van der Waals surface area contributed by atoms with Crippen LogP contribution >= 0.6 is 0 Å². The van der Waals surface area contributed by atoms with Crippen LogP contribution in [0.4, 0.5) is 0 Å². The highest BCUT2D eigenvalue weighted by molar-refractivity contribution is 5.82. The first-order chi connectivity index (χ1) is 18.1. The number of aromatic nitrogens is 1. The second kappa shape index (κ2) is 10.4. The van der Waals surface area contributed by atoms with E-state index in [0.717, 1.165) is 56.6 Å². The van der Waals surface area contributed by atoms with Crippen molar-refractivity contribution < 1.29 is 9.53 Å². The van der Waals surface area contributed by atoms with E-state index in [1.54, 1.807) is 7.11 Å². The van der Waals surface area contributed by atoms with Gasteiger partial charge in [0.25, 0.3) is 0 Å². The molecule has 37 heavy (non-hydrogen) atoms. The lowest BCUT2D eigenvalue weighted by molar-refractivity contribution is -0.143. The van der Waals surface area contributed by atoms with Crippen molar-refractivity contribution in [3.63, 3.8) is 0 Å². The molecular formula is C31H42N4O2. The van der Waals surface area contributed by atoms with Gasteiger partial charge in [0, 0.05) is 43.2 Å². The van der Waals surface area contributed by atoms with Crippen LogP contribution in [0.3, 0.4) is 0 Å². The first kappa shape index (κ1) is 24.9. The van der Waals surface area contributed by atoms with E-state index in [-0.39, 0.29) is 17.4 Å². The first-order valence-corrected chi connectivity index (χ1v) is 14.5. The van der Waals surface area contributed by atoms with Crippen LogP contribution in [-0.4, -0.2) is 48.6 Å². The van der Waals surface area contributed by atoms with Gasteiger partial charge < -0.3 is 20.7 Å². The van der Waals surface area contributed by atoms with Gasteiger partial charge in [0.15, 0.2) is 0 Å². The molecule has 6 rings (SSSR count). The second-order valence-electron chi connectivity index (χ2n) is 11.9. The number of carbonyl (C=O) groups is 1. The SMILES string of the molecule is COc1ccc2c(n1)C(N)CC[C@]21CNC[C@H]1C(=O)N1CC[C@@H](c2ccccc2)C[C@H]1C1CCCCC1. The Kier molecular flexibility index (Phi) is 6.97. The van der Waals surface area contributed by atoms with Gasteiger partial charge in [-0.3, -0.25) is 4.79 Å². The van der Waals surface area contributed by atoms with Crippen LogP contribution in [0.2, 0.25) is 0 Å². The number of nitrogens with one attached hydrogen (secondary N) is 1. The zero-order valence-electron chi connectivity index (χ0n) is 22.2. The summed E-state index contributed by atoms with van der Waals surface area (Å²) in [4.78, 5) is 21.7. The van der Waals surface area contributed by atoms with Gasteiger partial charge in [-0.1, -0.05) is 55.7 Å². The molecule has 6 nitrogen and oxygen atoms in total. The van der Waals surface area contributed by atoms with Gasteiger partial charge in [-0.25, -0.2) is 4.98 Å². The molecule has 2 aliphatic carbocycles. The Bertz CT molecular complexity index is 1100. The lowest BCUT2D eigenvalue weighted by Crippen LogP contribution is -2.55. The molecule has 1 aromatic heterocycles.